The first-order valence-electron chi connectivity index (χ1n) is 9.49. The molecule has 0 fully saturated rings. The summed E-state index contributed by atoms with van der Waals surface area (Å²) in [5.41, 5.74) is 4.14. The number of hydrazone groups is 1. The Morgan fingerprint density at radius 2 is 1.61 bits per heavy atom. The number of benzene rings is 4. The fraction of sp³-hybridized carbons (Fsp3) is 0. The zero-order chi connectivity index (χ0) is 21.6. The van der Waals surface area contributed by atoms with Crippen LogP contribution in [0.3, 0.4) is 0 Å². The molecule has 0 unspecified atom stereocenters. The smallest absolute Gasteiger partial charge is 0.343 e. The van der Waals surface area contributed by atoms with Crippen LogP contribution in [0.1, 0.15) is 26.3 Å². The molecule has 31 heavy (non-hydrogen) atoms. The highest BCUT2D eigenvalue weighted by Gasteiger charge is 2.10. The molecule has 4 aromatic rings. The highest BCUT2D eigenvalue weighted by Crippen LogP contribution is 2.19. The number of hydrogen-bond acceptors (Lipinski definition) is 4. The molecule has 5 nitrogen and oxygen atoms in total. The van der Waals surface area contributed by atoms with E-state index in [9.17, 15) is 9.59 Å². The molecule has 0 aliphatic heterocycles. The number of carbonyl (C=O) groups excluding carboxylic acids is 2. The van der Waals surface area contributed by atoms with Crippen LogP contribution in [0, 0.1) is 0 Å². The van der Waals surface area contributed by atoms with Crippen molar-refractivity contribution in [3.05, 3.63) is 113 Å². The highest BCUT2D eigenvalue weighted by molar-refractivity contribution is 6.30. The van der Waals surface area contributed by atoms with Gasteiger partial charge in [0.15, 0.2) is 0 Å². The monoisotopic (exact) mass is 428 g/mol. The van der Waals surface area contributed by atoms with E-state index < -0.39 is 5.97 Å². The summed E-state index contributed by atoms with van der Waals surface area (Å²) in [6, 6.07) is 26.5. The summed E-state index contributed by atoms with van der Waals surface area (Å²) >= 11 is 5.84. The van der Waals surface area contributed by atoms with Crippen molar-refractivity contribution in [2.24, 2.45) is 5.10 Å². The van der Waals surface area contributed by atoms with Gasteiger partial charge >= 0.3 is 5.97 Å². The lowest BCUT2D eigenvalue weighted by Crippen LogP contribution is -2.17. The highest BCUT2D eigenvalue weighted by atomic mass is 35.5. The van der Waals surface area contributed by atoms with Crippen LogP contribution in [0.2, 0.25) is 5.02 Å². The summed E-state index contributed by atoms with van der Waals surface area (Å²) < 4.78 is 5.39. The number of hydrogen-bond donors (Lipinski definition) is 1. The minimum Gasteiger partial charge on any atom is -0.423 e. The Labute approximate surface area is 183 Å². The van der Waals surface area contributed by atoms with Crippen LogP contribution in [0.4, 0.5) is 0 Å². The average Bonchev–Trinajstić information content (AvgIpc) is 2.79. The third-order valence-corrected chi connectivity index (χ3v) is 4.81. The molecule has 0 aliphatic rings. The van der Waals surface area contributed by atoms with E-state index >= 15 is 0 Å². The number of carbonyl (C=O) groups is 2. The predicted molar refractivity (Wildman–Crippen MR) is 122 cm³/mol. The second kappa shape index (κ2) is 9.24. The molecule has 0 aliphatic carbocycles. The lowest BCUT2D eigenvalue weighted by Gasteiger charge is -2.06. The summed E-state index contributed by atoms with van der Waals surface area (Å²) in [6.45, 7) is 0. The molecule has 4 rings (SSSR count). The lowest BCUT2D eigenvalue weighted by molar-refractivity contribution is 0.0734. The Morgan fingerprint density at radius 3 is 2.45 bits per heavy atom. The zero-order valence-electron chi connectivity index (χ0n) is 16.3. The maximum absolute atomic E-state index is 12.5. The first kappa shape index (κ1) is 20.3. The van der Waals surface area contributed by atoms with E-state index in [1.807, 2.05) is 36.4 Å². The van der Waals surface area contributed by atoms with E-state index in [1.54, 1.807) is 54.6 Å². The normalized spacial score (nSPS) is 10.9. The molecule has 0 aromatic heterocycles. The summed E-state index contributed by atoms with van der Waals surface area (Å²) in [4.78, 5) is 24.8. The van der Waals surface area contributed by atoms with Crippen LogP contribution >= 0.6 is 11.6 Å². The van der Waals surface area contributed by atoms with Crippen molar-refractivity contribution in [2.75, 3.05) is 0 Å². The minimum atomic E-state index is -0.491. The van der Waals surface area contributed by atoms with Crippen molar-refractivity contribution in [1.82, 2.24) is 5.43 Å². The van der Waals surface area contributed by atoms with Crippen molar-refractivity contribution in [1.29, 1.82) is 0 Å². The van der Waals surface area contributed by atoms with Gasteiger partial charge in [-0.15, -0.1) is 0 Å². The largest absolute Gasteiger partial charge is 0.423 e. The molecule has 0 radical (unpaired) electrons. The Kier molecular flexibility index (Phi) is 6.05. The van der Waals surface area contributed by atoms with Crippen molar-refractivity contribution in [3.63, 3.8) is 0 Å². The maximum atomic E-state index is 12.5. The van der Waals surface area contributed by atoms with Crippen LogP contribution in [0.5, 0.6) is 5.75 Å². The van der Waals surface area contributed by atoms with Gasteiger partial charge in [-0.25, -0.2) is 10.2 Å². The van der Waals surface area contributed by atoms with Crippen LogP contribution in [-0.2, 0) is 0 Å². The second-order valence-electron chi connectivity index (χ2n) is 6.69. The van der Waals surface area contributed by atoms with Gasteiger partial charge in [0.2, 0.25) is 0 Å². The fourth-order valence-electron chi connectivity index (χ4n) is 3.06. The van der Waals surface area contributed by atoms with Crippen LogP contribution in [0.25, 0.3) is 10.8 Å². The van der Waals surface area contributed by atoms with Gasteiger partial charge in [0, 0.05) is 10.6 Å². The molecule has 0 atom stereocenters. The second-order valence-corrected chi connectivity index (χ2v) is 7.13. The van der Waals surface area contributed by atoms with Crippen molar-refractivity contribution < 1.29 is 14.3 Å². The molecule has 0 bridgehead atoms. The Morgan fingerprint density at radius 1 is 0.871 bits per heavy atom. The minimum absolute atomic E-state index is 0.307. The quantitative estimate of drug-likeness (QED) is 0.198. The number of fused-ring (bicyclic) bond motifs is 1. The SMILES string of the molecule is O=C(Oc1cccc(/C=N/NC(=O)c2cccc3ccccc23)c1)c1ccc(Cl)cc1. The predicted octanol–water partition coefficient (Wildman–Crippen LogP) is 5.48. The first-order chi connectivity index (χ1) is 15.1. The van der Waals surface area contributed by atoms with E-state index in [4.69, 9.17) is 16.3 Å². The van der Waals surface area contributed by atoms with Gasteiger partial charge in [0.1, 0.15) is 5.75 Å². The molecule has 0 heterocycles. The summed E-state index contributed by atoms with van der Waals surface area (Å²) in [5, 5.41) is 6.41. The van der Waals surface area contributed by atoms with Gasteiger partial charge in [-0.05, 0) is 58.8 Å². The molecular formula is C25H17ClN2O3. The van der Waals surface area contributed by atoms with E-state index in [2.05, 4.69) is 10.5 Å². The van der Waals surface area contributed by atoms with E-state index in [0.717, 1.165) is 10.8 Å². The van der Waals surface area contributed by atoms with E-state index in [0.29, 0.717) is 27.5 Å². The number of rotatable bonds is 5. The molecule has 6 heteroatoms. The van der Waals surface area contributed by atoms with Gasteiger partial charge in [-0.3, -0.25) is 4.79 Å². The molecule has 1 amide bonds. The lowest BCUT2D eigenvalue weighted by atomic mass is 10.0. The van der Waals surface area contributed by atoms with E-state index in [-0.39, 0.29) is 5.91 Å². The van der Waals surface area contributed by atoms with Gasteiger partial charge in [0.25, 0.3) is 5.91 Å². The van der Waals surface area contributed by atoms with Gasteiger partial charge in [-0.2, -0.15) is 5.10 Å². The third-order valence-electron chi connectivity index (χ3n) is 4.56. The third kappa shape index (κ3) is 4.97. The van der Waals surface area contributed by atoms with Crippen LogP contribution in [-0.4, -0.2) is 18.1 Å². The molecule has 0 spiro atoms. The average molecular weight is 429 g/mol. The van der Waals surface area contributed by atoms with Crippen molar-refractivity contribution >= 4 is 40.5 Å². The molecule has 1 N–H and O–H groups in total. The van der Waals surface area contributed by atoms with Crippen LogP contribution in [0.15, 0.2) is 96.1 Å². The summed E-state index contributed by atoms with van der Waals surface area (Å²) in [7, 11) is 0. The van der Waals surface area contributed by atoms with Gasteiger partial charge in [-0.1, -0.05) is 60.1 Å². The number of halogens is 1. The van der Waals surface area contributed by atoms with E-state index in [1.165, 1.54) is 6.21 Å². The van der Waals surface area contributed by atoms with Crippen molar-refractivity contribution in [3.8, 4) is 5.75 Å². The molecule has 0 saturated carbocycles. The Balaban J connectivity index is 1.43. The Hall–Kier alpha value is -3.96. The summed E-state index contributed by atoms with van der Waals surface area (Å²) in [5.74, 6) is -0.433. The fourth-order valence-corrected chi connectivity index (χ4v) is 3.19. The number of esters is 1. The number of ether oxygens (including phenoxy) is 1. The maximum Gasteiger partial charge on any atom is 0.343 e. The molecular weight excluding hydrogens is 412 g/mol. The first-order valence-corrected chi connectivity index (χ1v) is 9.87. The standard InChI is InChI=1S/C25H17ClN2O3/c26-20-13-11-19(12-14-20)25(30)31-21-8-3-5-17(15-21)16-27-28-24(29)23-10-4-7-18-6-1-2-9-22(18)23/h1-16H,(H,28,29)/b27-16+. The van der Waals surface area contributed by atoms with Crippen LogP contribution < -0.4 is 10.2 Å². The number of amides is 1. The topological polar surface area (TPSA) is 67.8 Å². The number of nitrogens with zero attached hydrogens (tertiary/aromatic N) is 1. The molecule has 152 valence electrons. The number of nitrogens with one attached hydrogen (secondary N) is 1. The molecule has 0 saturated heterocycles. The van der Waals surface area contributed by atoms with Gasteiger partial charge in [0.05, 0.1) is 11.8 Å². The van der Waals surface area contributed by atoms with Gasteiger partial charge < -0.3 is 4.74 Å². The zero-order valence-corrected chi connectivity index (χ0v) is 17.0. The summed E-state index contributed by atoms with van der Waals surface area (Å²) in [6.07, 6.45) is 1.49. The Bertz CT molecular complexity index is 1280. The molecule has 4 aromatic carbocycles. The van der Waals surface area contributed by atoms with Crippen molar-refractivity contribution in [2.45, 2.75) is 0 Å².